The minimum absolute atomic E-state index is 0.0436. The second-order valence-electron chi connectivity index (χ2n) is 9.54. The van der Waals surface area contributed by atoms with Crippen LogP contribution in [0.3, 0.4) is 0 Å². The lowest BCUT2D eigenvalue weighted by molar-refractivity contribution is -0.159. The Morgan fingerprint density at radius 2 is 2.10 bits per heavy atom. The summed E-state index contributed by atoms with van der Waals surface area (Å²) in [5.41, 5.74) is 2.42. The van der Waals surface area contributed by atoms with E-state index in [2.05, 4.69) is 24.6 Å². The number of rotatable bonds is 7. The first-order chi connectivity index (χ1) is 18.6. The molecule has 3 heterocycles. The lowest BCUT2D eigenvalue weighted by Crippen LogP contribution is -2.39. The van der Waals surface area contributed by atoms with E-state index < -0.39 is 24.2 Å². The minimum Gasteiger partial charge on any atom is -0.392 e. The number of benzene rings is 2. The highest BCUT2D eigenvalue weighted by molar-refractivity contribution is 5.81. The van der Waals surface area contributed by atoms with E-state index in [1.54, 1.807) is 54.4 Å². The summed E-state index contributed by atoms with van der Waals surface area (Å²) in [7, 11) is 1.66. The number of halogens is 3. The highest BCUT2D eigenvalue weighted by atomic mass is 19.4. The molecule has 204 valence electrons. The van der Waals surface area contributed by atoms with Crippen molar-refractivity contribution in [2.45, 2.75) is 31.2 Å². The molecule has 2 N–H and O–H groups in total. The van der Waals surface area contributed by atoms with Gasteiger partial charge in [0.15, 0.2) is 0 Å². The molecule has 0 aliphatic carbocycles. The standard InChI is InChI=1S/C26H25F3N6O4/c1-34(23(38)10-15-5-6-19-20(9-15)31-22(37)12-30-19)21(14-35-8-7-18(36)13-35)16-3-2-4-17(11-16)24-32-25(39-33-24)26(27,28)29/h2-6,9,11-12,18,21,36H,7-8,10,13-14H2,1H3,(H,31,37)/t18?,21-/m1/s1. The summed E-state index contributed by atoms with van der Waals surface area (Å²) in [5.74, 6) is -1.87. The number of aromatic amines is 1. The normalized spacial score (nSPS) is 17.0. The van der Waals surface area contributed by atoms with Gasteiger partial charge in [-0.2, -0.15) is 18.2 Å². The number of carbonyl (C=O) groups is 1. The van der Waals surface area contributed by atoms with Gasteiger partial charge < -0.3 is 19.5 Å². The quantitative estimate of drug-likeness (QED) is 0.365. The van der Waals surface area contributed by atoms with E-state index in [0.717, 1.165) is 0 Å². The Balaban J connectivity index is 1.42. The maximum atomic E-state index is 13.4. The molecular weight excluding hydrogens is 517 g/mol. The van der Waals surface area contributed by atoms with Crippen molar-refractivity contribution in [2.75, 3.05) is 26.7 Å². The van der Waals surface area contributed by atoms with Crippen molar-refractivity contribution < 1.29 is 27.6 Å². The number of likely N-dealkylation sites (N-methyl/N-ethyl adjacent to an activating group) is 1. The van der Waals surface area contributed by atoms with E-state index in [9.17, 15) is 27.9 Å². The van der Waals surface area contributed by atoms with E-state index in [4.69, 9.17) is 0 Å². The Kier molecular flexibility index (Phi) is 7.19. The van der Waals surface area contributed by atoms with E-state index in [1.807, 2.05) is 4.90 Å². The van der Waals surface area contributed by atoms with Gasteiger partial charge in [0.05, 0.1) is 35.8 Å². The number of fused-ring (bicyclic) bond motifs is 1. The molecule has 1 aliphatic heterocycles. The zero-order valence-corrected chi connectivity index (χ0v) is 20.9. The van der Waals surface area contributed by atoms with Crippen molar-refractivity contribution in [1.29, 1.82) is 0 Å². The number of carbonyl (C=O) groups excluding carboxylic acids is 1. The molecule has 13 heteroatoms. The molecule has 2 aromatic carbocycles. The second kappa shape index (κ2) is 10.6. The Bertz CT molecular complexity index is 1550. The van der Waals surface area contributed by atoms with Crippen molar-refractivity contribution >= 4 is 16.9 Å². The Hall–Kier alpha value is -4.10. The molecule has 1 unspecified atom stereocenters. The van der Waals surface area contributed by atoms with Gasteiger partial charge in [0.25, 0.3) is 5.56 Å². The molecule has 0 spiro atoms. The average molecular weight is 543 g/mol. The largest absolute Gasteiger partial charge is 0.471 e. The zero-order valence-electron chi connectivity index (χ0n) is 20.9. The van der Waals surface area contributed by atoms with Crippen LogP contribution in [0.25, 0.3) is 22.4 Å². The van der Waals surface area contributed by atoms with Gasteiger partial charge in [-0.05, 0) is 35.7 Å². The highest BCUT2D eigenvalue weighted by Crippen LogP contribution is 2.31. The maximum absolute atomic E-state index is 13.4. The predicted molar refractivity (Wildman–Crippen MR) is 133 cm³/mol. The van der Waals surface area contributed by atoms with Crippen molar-refractivity contribution in [2.24, 2.45) is 0 Å². The first kappa shape index (κ1) is 26.5. The summed E-state index contributed by atoms with van der Waals surface area (Å²) in [6.45, 7) is 1.49. The van der Waals surface area contributed by atoms with Gasteiger partial charge in [0.1, 0.15) is 0 Å². The molecule has 39 heavy (non-hydrogen) atoms. The fraction of sp³-hybridized carbons (Fsp3) is 0.346. The van der Waals surface area contributed by atoms with Crippen molar-refractivity contribution in [3.63, 3.8) is 0 Å². The molecule has 1 fully saturated rings. The van der Waals surface area contributed by atoms with Gasteiger partial charge in [-0.15, -0.1) is 0 Å². The van der Waals surface area contributed by atoms with Crippen LogP contribution in [0.2, 0.25) is 0 Å². The van der Waals surface area contributed by atoms with Crippen LogP contribution in [-0.4, -0.2) is 73.7 Å². The number of H-pyrrole nitrogens is 1. The van der Waals surface area contributed by atoms with Gasteiger partial charge in [0, 0.05) is 32.2 Å². The molecule has 1 aliphatic rings. The zero-order chi connectivity index (χ0) is 27.7. The maximum Gasteiger partial charge on any atom is 0.471 e. The topological polar surface area (TPSA) is 128 Å². The number of aromatic nitrogens is 4. The molecule has 1 amide bonds. The SMILES string of the molecule is CN(C(=O)Cc1ccc2ncc(=O)[nH]c2c1)[C@H](CN1CCC(O)C1)c1cccc(-c2noc(C(F)(F)F)n2)c1. The van der Waals surface area contributed by atoms with Crippen LogP contribution in [0.5, 0.6) is 0 Å². The summed E-state index contributed by atoms with van der Waals surface area (Å²) < 4.78 is 43.3. The Morgan fingerprint density at radius 3 is 2.82 bits per heavy atom. The first-order valence-electron chi connectivity index (χ1n) is 12.2. The van der Waals surface area contributed by atoms with Crippen LogP contribution in [0.1, 0.15) is 29.5 Å². The van der Waals surface area contributed by atoms with Crippen molar-refractivity contribution in [3.05, 3.63) is 76.0 Å². The van der Waals surface area contributed by atoms with E-state index in [1.165, 1.54) is 6.20 Å². The third-order valence-corrected chi connectivity index (χ3v) is 6.73. The number of amides is 1. The van der Waals surface area contributed by atoms with Gasteiger partial charge in [-0.1, -0.05) is 29.4 Å². The highest BCUT2D eigenvalue weighted by Gasteiger charge is 2.38. The number of nitrogens with zero attached hydrogens (tertiary/aromatic N) is 5. The molecule has 2 atom stereocenters. The molecular formula is C26H25F3N6O4. The Morgan fingerprint density at radius 1 is 1.28 bits per heavy atom. The molecule has 0 bridgehead atoms. The number of aliphatic hydroxyl groups is 1. The fourth-order valence-corrected chi connectivity index (χ4v) is 4.69. The van der Waals surface area contributed by atoms with E-state index in [-0.39, 0.29) is 23.7 Å². The lowest BCUT2D eigenvalue weighted by Gasteiger charge is -2.32. The first-order valence-corrected chi connectivity index (χ1v) is 12.2. The second-order valence-corrected chi connectivity index (χ2v) is 9.54. The number of nitrogens with one attached hydrogen (secondary N) is 1. The van der Waals surface area contributed by atoms with E-state index in [0.29, 0.717) is 53.8 Å². The van der Waals surface area contributed by atoms with Crippen LogP contribution < -0.4 is 5.56 Å². The number of β-amino-alcohol motifs (C(OH)–C–C–N with tert-alkyl or cyclic N) is 1. The molecule has 5 rings (SSSR count). The smallest absolute Gasteiger partial charge is 0.392 e. The average Bonchev–Trinajstić information content (AvgIpc) is 3.56. The van der Waals surface area contributed by atoms with Crippen LogP contribution in [0, 0.1) is 0 Å². The van der Waals surface area contributed by atoms with Gasteiger partial charge in [0.2, 0.25) is 11.7 Å². The summed E-state index contributed by atoms with van der Waals surface area (Å²) in [5, 5.41) is 13.5. The van der Waals surface area contributed by atoms with Crippen molar-refractivity contribution in [3.8, 4) is 11.4 Å². The minimum atomic E-state index is -4.76. The van der Waals surface area contributed by atoms with Crippen LogP contribution in [0.15, 0.2) is 58.0 Å². The molecule has 2 aromatic heterocycles. The van der Waals surface area contributed by atoms with Gasteiger partial charge >= 0.3 is 12.1 Å². The summed E-state index contributed by atoms with van der Waals surface area (Å²) >= 11 is 0. The van der Waals surface area contributed by atoms with Gasteiger partial charge in [-0.3, -0.25) is 14.5 Å². The number of alkyl halides is 3. The van der Waals surface area contributed by atoms with Crippen LogP contribution in [0.4, 0.5) is 13.2 Å². The number of likely N-dealkylation sites (tertiary alicyclic amines) is 1. The molecule has 4 aromatic rings. The summed E-state index contributed by atoms with van der Waals surface area (Å²) in [6.07, 6.45) is -3.39. The van der Waals surface area contributed by atoms with E-state index >= 15 is 0 Å². The van der Waals surface area contributed by atoms with Gasteiger partial charge in [-0.25, -0.2) is 4.98 Å². The molecule has 10 nitrogen and oxygen atoms in total. The molecule has 0 radical (unpaired) electrons. The predicted octanol–water partition coefficient (Wildman–Crippen LogP) is 2.80. The van der Waals surface area contributed by atoms with Crippen LogP contribution >= 0.6 is 0 Å². The monoisotopic (exact) mass is 542 g/mol. The number of aliphatic hydroxyl groups excluding tert-OH is 1. The molecule has 0 saturated carbocycles. The molecule has 1 saturated heterocycles. The Labute approximate surface area is 220 Å². The third-order valence-electron chi connectivity index (χ3n) is 6.73. The third kappa shape index (κ3) is 5.99. The van der Waals surface area contributed by atoms with Crippen LogP contribution in [-0.2, 0) is 17.4 Å². The lowest BCUT2D eigenvalue weighted by atomic mass is 10.0. The summed E-state index contributed by atoms with van der Waals surface area (Å²) in [4.78, 5) is 39.0. The van der Waals surface area contributed by atoms with Crippen molar-refractivity contribution in [1.82, 2.24) is 29.9 Å². The number of hydrogen-bond donors (Lipinski definition) is 2. The summed E-state index contributed by atoms with van der Waals surface area (Å²) in [6, 6.07) is 11.3. The fourth-order valence-electron chi connectivity index (χ4n) is 4.69. The number of hydrogen-bond acceptors (Lipinski definition) is 8.